The van der Waals surface area contributed by atoms with Gasteiger partial charge in [-0.05, 0) is 24.1 Å². The molecule has 0 N–H and O–H groups in total. The van der Waals surface area contributed by atoms with Crippen LogP contribution in [0, 0.1) is 0 Å². The summed E-state index contributed by atoms with van der Waals surface area (Å²) in [6, 6.07) is 3.50. The Morgan fingerprint density at radius 1 is 1.31 bits per heavy atom. The number of fused-ring (bicyclic) bond motifs is 2. The van der Waals surface area contributed by atoms with Crippen LogP contribution in [0.4, 0.5) is 0 Å². The fraction of sp³-hybridized carbons (Fsp3) is 0.474. The molecule has 5 rings (SSSR count). The minimum Gasteiger partial charge on any atom is -0.459 e. The van der Waals surface area contributed by atoms with Gasteiger partial charge in [-0.3, -0.25) is 9.59 Å². The van der Waals surface area contributed by atoms with Crippen molar-refractivity contribution in [3.63, 3.8) is 0 Å². The number of hydrogen-bond donors (Lipinski definition) is 0. The summed E-state index contributed by atoms with van der Waals surface area (Å²) >= 11 is 0. The maximum atomic E-state index is 13.2. The van der Waals surface area contributed by atoms with Gasteiger partial charge in [-0.1, -0.05) is 12.2 Å². The molecule has 1 saturated heterocycles. The van der Waals surface area contributed by atoms with Gasteiger partial charge in [0.05, 0.1) is 24.1 Å². The number of amides is 1. The number of esters is 1. The van der Waals surface area contributed by atoms with E-state index in [1.165, 1.54) is 6.92 Å². The summed E-state index contributed by atoms with van der Waals surface area (Å²) in [5.74, 6) is 0.771. The predicted molar refractivity (Wildman–Crippen MR) is 89.2 cm³/mol. The van der Waals surface area contributed by atoms with E-state index < -0.39 is 11.5 Å². The summed E-state index contributed by atoms with van der Waals surface area (Å²) < 4.78 is 22.2. The van der Waals surface area contributed by atoms with Gasteiger partial charge in [0.1, 0.15) is 6.10 Å². The quantitative estimate of drug-likeness (QED) is 0.588. The lowest BCUT2D eigenvalue weighted by Crippen LogP contribution is -2.54. The van der Waals surface area contributed by atoms with Crippen molar-refractivity contribution < 1.29 is 28.5 Å². The predicted octanol–water partition coefficient (Wildman–Crippen LogP) is 1.40. The summed E-state index contributed by atoms with van der Waals surface area (Å²) in [4.78, 5) is 26.7. The SMILES string of the molecule is COC1C=CC23c4cc5c(cc4C(=O)N(CC2OC(C)=O)C3C1)OCO5. The standard InChI is InChI=1S/C19H19NO6/c1-10(21)26-17-8-20-16-5-11(23-2)3-4-19(16,17)13-7-15-14(24-9-25-15)6-12(13)18(20)22/h3-4,6-7,11,16-17H,5,8-9H2,1-2H3. The third kappa shape index (κ3) is 1.86. The minimum atomic E-state index is -0.592. The van der Waals surface area contributed by atoms with Crippen molar-refractivity contribution in [2.24, 2.45) is 0 Å². The van der Waals surface area contributed by atoms with Crippen molar-refractivity contribution in [3.05, 3.63) is 35.4 Å². The monoisotopic (exact) mass is 357 g/mol. The van der Waals surface area contributed by atoms with Crippen molar-refractivity contribution in [2.75, 3.05) is 20.4 Å². The molecule has 7 heteroatoms. The van der Waals surface area contributed by atoms with Gasteiger partial charge in [0.2, 0.25) is 6.79 Å². The topological polar surface area (TPSA) is 74.3 Å². The Morgan fingerprint density at radius 3 is 2.81 bits per heavy atom. The molecule has 7 nitrogen and oxygen atoms in total. The number of rotatable bonds is 2. The van der Waals surface area contributed by atoms with E-state index in [-0.39, 0.29) is 30.8 Å². The van der Waals surface area contributed by atoms with Crippen molar-refractivity contribution in [2.45, 2.75) is 37.0 Å². The molecule has 1 fully saturated rings. The highest BCUT2D eigenvalue weighted by atomic mass is 16.7. The first kappa shape index (κ1) is 15.7. The number of ether oxygens (including phenoxy) is 4. The van der Waals surface area contributed by atoms with Crippen molar-refractivity contribution >= 4 is 11.9 Å². The van der Waals surface area contributed by atoms with Crippen LogP contribution < -0.4 is 9.47 Å². The molecule has 0 spiro atoms. The minimum absolute atomic E-state index is 0.0706. The molecule has 3 heterocycles. The van der Waals surface area contributed by atoms with E-state index in [1.807, 2.05) is 17.0 Å². The number of methoxy groups -OCH3 is 1. The average Bonchev–Trinajstić information content (AvgIpc) is 3.19. The molecule has 3 aliphatic heterocycles. The maximum Gasteiger partial charge on any atom is 0.303 e. The van der Waals surface area contributed by atoms with E-state index in [0.717, 1.165) is 5.56 Å². The van der Waals surface area contributed by atoms with Crippen LogP contribution in [-0.2, 0) is 19.7 Å². The Labute approximate surface area is 150 Å². The molecule has 26 heavy (non-hydrogen) atoms. The first-order chi connectivity index (χ1) is 12.5. The van der Waals surface area contributed by atoms with Gasteiger partial charge in [-0.25, -0.2) is 0 Å². The second kappa shape index (κ2) is 5.23. The van der Waals surface area contributed by atoms with Gasteiger partial charge in [0, 0.05) is 19.6 Å². The summed E-state index contributed by atoms with van der Waals surface area (Å²) in [7, 11) is 1.66. The molecule has 136 valence electrons. The van der Waals surface area contributed by atoms with E-state index >= 15 is 0 Å². The molecule has 1 aromatic carbocycles. The molecule has 1 aliphatic carbocycles. The fourth-order valence-corrected chi connectivity index (χ4v) is 4.84. The van der Waals surface area contributed by atoms with Gasteiger partial charge < -0.3 is 23.8 Å². The maximum absolute atomic E-state index is 13.2. The summed E-state index contributed by atoms with van der Waals surface area (Å²) in [5.41, 5.74) is 0.827. The zero-order chi connectivity index (χ0) is 18.1. The molecule has 4 unspecified atom stereocenters. The van der Waals surface area contributed by atoms with Crippen LogP contribution in [0.2, 0.25) is 0 Å². The molecule has 0 radical (unpaired) electrons. The van der Waals surface area contributed by atoms with Crippen LogP contribution in [-0.4, -0.2) is 55.5 Å². The second-order valence-corrected chi connectivity index (χ2v) is 7.12. The second-order valence-electron chi connectivity index (χ2n) is 7.12. The van der Waals surface area contributed by atoms with Crippen LogP contribution >= 0.6 is 0 Å². The first-order valence-corrected chi connectivity index (χ1v) is 8.69. The van der Waals surface area contributed by atoms with Crippen LogP contribution in [0.1, 0.15) is 29.3 Å². The lowest BCUT2D eigenvalue weighted by atomic mass is 9.65. The molecule has 4 atom stereocenters. The Morgan fingerprint density at radius 2 is 2.08 bits per heavy atom. The van der Waals surface area contributed by atoms with Crippen LogP contribution in [0.5, 0.6) is 11.5 Å². The van der Waals surface area contributed by atoms with Crippen molar-refractivity contribution in [1.82, 2.24) is 4.90 Å². The zero-order valence-corrected chi connectivity index (χ0v) is 14.6. The Bertz CT molecular complexity index is 849. The number of carbonyl (C=O) groups is 2. The van der Waals surface area contributed by atoms with Gasteiger partial charge in [0.25, 0.3) is 5.91 Å². The highest BCUT2D eigenvalue weighted by molar-refractivity contribution is 6.00. The van der Waals surface area contributed by atoms with E-state index in [9.17, 15) is 9.59 Å². The van der Waals surface area contributed by atoms with Gasteiger partial charge >= 0.3 is 5.97 Å². The lowest BCUT2D eigenvalue weighted by Gasteiger charge is -2.46. The molecular formula is C19H19NO6. The Hall–Kier alpha value is -2.54. The molecule has 1 amide bonds. The highest BCUT2D eigenvalue weighted by Gasteiger charge is 2.63. The number of nitrogens with zero attached hydrogens (tertiary/aromatic N) is 1. The molecule has 0 aromatic heterocycles. The number of benzene rings is 1. The molecule has 0 saturated carbocycles. The lowest BCUT2D eigenvalue weighted by molar-refractivity contribution is -0.147. The smallest absolute Gasteiger partial charge is 0.303 e. The van der Waals surface area contributed by atoms with E-state index in [4.69, 9.17) is 18.9 Å². The number of hydrogen-bond acceptors (Lipinski definition) is 6. The molecular weight excluding hydrogens is 338 g/mol. The van der Waals surface area contributed by atoms with Gasteiger partial charge in [-0.2, -0.15) is 0 Å². The average molecular weight is 357 g/mol. The summed E-state index contributed by atoms with van der Waals surface area (Å²) in [6.07, 6.45) is 4.20. The largest absolute Gasteiger partial charge is 0.459 e. The molecule has 1 aromatic rings. The van der Waals surface area contributed by atoms with E-state index in [0.29, 0.717) is 30.0 Å². The normalized spacial score (nSPS) is 33.1. The van der Waals surface area contributed by atoms with Gasteiger partial charge in [0.15, 0.2) is 11.5 Å². The van der Waals surface area contributed by atoms with Crippen LogP contribution in [0.25, 0.3) is 0 Å². The van der Waals surface area contributed by atoms with E-state index in [2.05, 4.69) is 6.08 Å². The fourth-order valence-electron chi connectivity index (χ4n) is 4.84. The number of carbonyl (C=O) groups excluding carboxylic acids is 2. The third-order valence-corrected chi connectivity index (χ3v) is 5.95. The van der Waals surface area contributed by atoms with Gasteiger partial charge in [-0.15, -0.1) is 0 Å². The summed E-state index contributed by atoms with van der Waals surface area (Å²) in [6.45, 7) is 1.91. The molecule has 4 aliphatic rings. The Kier molecular flexibility index (Phi) is 3.16. The first-order valence-electron chi connectivity index (χ1n) is 8.69. The third-order valence-electron chi connectivity index (χ3n) is 5.95. The summed E-state index contributed by atoms with van der Waals surface area (Å²) in [5, 5.41) is 0. The van der Waals surface area contributed by atoms with Crippen molar-refractivity contribution in [3.8, 4) is 11.5 Å². The van der Waals surface area contributed by atoms with E-state index in [1.54, 1.807) is 13.2 Å². The molecule has 2 bridgehead atoms. The van der Waals surface area contributed by atoms with Crippen LogP contribution in [0.15, 0.2) is 24.3 Å². The Balaban J connectivity index is 1.74. The van der Waals surface area contributed by atoms with Crippen LogP contribution in [0.3, 0.4) is 0 Å². The van der Waals surface area contributed by atoms with Crippen molar-refractivity contribution in [1.29, 1.82) is 0 Å². The highest BCUT2D eigenvalue weighted by Crippen LogP contribution is 2.54. The zero-order valence-electron chi connectivity index (χ0n) is 14.6.